The van der Waals surface area contributed by atoms with E-state index in [1.807, 2.05) is 24.3 Å². The third-order valence-corrected chi connectivity index (χ3v) is 3.75. The predicted molar refractivity (Wildman–Crippen MR) is 84.5 cm³/mol. The van der Waals surface area contributed by atoms with E-state index in [1.165, 1.54) is 0 Å². The lowest BCUT2D eigenvalue weighted by atomic mass is 10.1. The van der Waals surface area contributed by atoms with Gasteiger partial charge >= 0.3 is 0 Å². The Morgan fingerprint density at radius 1 is 1.05 bits per heavy atom. The summed E-state index contributed by atoms with van der Waals surface area (Å²) in [7, 11) is 0. The quantitative estimate of drug-likeness (QED) is 0.748. The molecule has 1 heterocycles. The number of benzene rings is 2. The minimum Gasteiger partial charge on any atom is -0.380 e. The van der Waals surface area contributed by atoms with Crippen molar-refractivity contribution in [1.29, 1.82) is 0 Å². The average molecular weight is 319 g/mol. The van der Waals surface area contributed by atoms with Gasteiger partial charge < -0.3 is 10.1 Å². The molecule has 2 N–H and O–H groups in total. The Morgan fingerprint density at radius 2 is 1.86 bits per heavy atom. The Labute approximate surface area is 132 Å². The van der Waals surface area contributed by atoms with Gasteiger partial charge in [0.1, 0.15) is 11.9 Å². The first-order valence-electron chi connectivity index (χ1n) is 6.38. The number of imidazole rings is 1. The summed E-state index contributed by atoms with van der Waals surface area (Å²) < 4.78 is 0. The molecule has 1 aromatic heterocycles. The fourth-order valence-corrected chi connectivity index (χ4v) is 2.56. The number of nitrogens with zero attached hydrogens (tertiary/aromatic N) is 1. The molecule has 0 aliphatic rings. The lowest BCUT2D eigenvalue weighted by Gasteiger charge is -2.08. The standard InChI is InChI=1S/C16H12Cl2N2O/c17-11-5-3-4-10(8-11)15(21)16-19-9-14(20-16)12-6-1-2-7-13(12)18/h1-9,15,21H,(H,19,20). The first-order chi connectivity index (χ1) is 10.1. The maximum absolute atomic E-state index is 10.4. The van der Waals surface area contributed by atoms with E-state index in [1.54, 1.807) is 30.5 Å². The van der Waals surface area contributed by atoms with Crippen molar-refractivity contribution >= 4 is 23.2 Å². The molecule has 0 bridgehead atoms. The predicted octanol–water partition coefficient (Wildman–Crippen LogP) is 4.47. The lowest BCUT2D eigenvalue weighted by Crippen LogP contribution is -2.01. The molecule has 1 atom stereocenters. The molecule has 2 aromatic carbocycles. The van der Waals surface area contributed by atoms with Gasteiger partial charge in [-0.3, -0.25) is 0 Å². The minimum atomic E-state index is -0.861. The van der Waals surface area contributed by atoms with Crippen LogP contribution in [0.5, 0.6) is 0 Å². The molecule has 1 unspecified atom stereocenters. The van der Waals surface area contributed by atoms with Crippen LogP contribution in [0.3, 0.4) is 0 Å². The van der Waals surface area contributed by atoms with Crippen LogP contribution in [0.2, 0.25) is 10.0 Å². The van der Waals surface area contributed by atoms with E-state index in [2.05, 4.69) is 9.97 Å². The molecule has 3 nitrogen and oxygen atoms in total. The van der Waals surface area contributed by atoms with E-state index < -0.39 is 6.10 Å². The largest absolute Gasteiger partial charge is 0.380 e. The topological polar surface area (TPSA) is 48.9 Å². The van der Waals surface area contributed by atoms with E-state index >= 15 is 0 Å². The molecule has 0 amide bonds. The van der Waals surface area contributed by atoms with Gasteiger partial charge in [-0.2, -0.15) is 0 Å². The zero-order chi connectivity index (χ0) is 14.8. The van der Waals surface area contributed by atoms with Gasteiger partial charge in [-0.25, -0.2) is 4.98 Å². The summed E-state index contributed by atoms with van der Waals surface area (Å²) in [5, 5.41) is 11.6. The zero-order valence-corrected chi connectivity index (χ0v) is 12.4. The first-order valence-corrected chi connectivity index (χ1v) is 7.14. The second-order valence-electron chi connectivity index (χ2n) is 4.62. The summed E-state index contributed by atoms with van der Waals surface area (Å²) in [6.45, 7) is 0. The molecule has 106 valence electrons. The molecule has 5 heteroatoms. The molecule has 0 aliphatic heterocycles. The molecular formula is C16H12Cl2N2O. The maximum atomic E-state index is 10.4. The first kappa shape index (κ1) is 14.1. The molecule has 3 aromatic rings. The summed E-state index contributed by atoms with van der Waals surface area (Å²) in [6.07, 6.45) is 0.796. The molecule has 0 saturated heterocycles. The number of nitrogens with one attached hydrogen (secondary N) is 1. The van der Waals surface area contributed by atoms with Crippen molar-refractivity contribution in [2.24, 2.45) is 0 Å². The summed E-state index contributed by atoms with van der Waals surface area (Å²) in [6, 6.07) is 14.5. The Kier molecular flexibility index (Phi) is 3.97. The monoisotopic (exact) mass is 318 g/mol. The molecule has 0 aliphatic carbocycles. The highest BCUT2D eigenvalue weighted by atomic mass is 35.5. The van der Waals surface area contributed by atoms with Crippen LogP contribution in [0, 0.1) is 0 Å². The highest BCUT2D eigenvalue weighted by molar-refractivity contribution is 6.33. The lowest BCUT2D eigenvalue weighted by molar-refractivity contribution is 0.211. The normalized spacial score (nSPS) is 12.3. The van der Waals surface area contributed by atoms with Crippen LogP contribution >= 0.6 is 23.2 Å². The van der Waals surface area contributed by atoms with Crippen molar-refractivity contribution in [1.82, 2.24) is 9.97 Å². The van der Waals surface area contributed by atoms with Gasteiger partial charge in [-0.15, -0.1) is 0 Å². The SMILES string of the molecule is OC(c1cccc(Cl)c1)c1ncc(-c2ccccc2Cl)[nH]1. The number of rotatable bonds is 3. The maximum Gasteiger partial charge on any atom is 0.140 e. The molecule has 0 spiro atoms. The van der Waals surface area contributed by atoms with E-state index in [-0.39, 0.29) is 0 Å². The summed E-state index contributed by atoms with van der Waals surface area (Å²) >= 11 is 12.1. The van der Waals surface area contributed by atoms with Crippen LogP contribution in [-0.2, 0) is 0 Å². The van der Waals surface area contributed by atoms with E-state index in [4.69, 9.17) is 23.2 Å². The van der Waals surface area contributed by atoms with Crippen LogP contribution in [-0.4, -0.2) is 15.1 Å². The van der Waals surface area contributed by atoms with E-state index in [0.29, 0.717) is 21.4 Å². The van der Waals surface area contributed by atoms with Crippen molar-refractivity contribution in [3.63, 3.8) is 0 Å². The molecule has 21 heavy (non-hydrogen) atoms. The van der Waals surface area contributed by atoms with Gasteiger partial charge in [0.2, 0.25) is 0 Å². The van der Waals surface area contributed by atoms with Gasteiger partial charge in [0.25, 0.3) is 0 Å². The van der Waals surface area contributed by atoms with Crippen molar-refractivity contribution in [2.45, 2.75) is 6.10 Å². The van der Waals surface area contributed by atoms with Gasteiger partial charge in [-0.05, 0) is 23.8 Å². The minimum absolute atomic E-state index is 0.451. The fourth-order valence-electron chi connectivity index (χ4n) is 2.13. The van der Waals surface area contributed by atoms with Crippen molar-refractivity contribution in [3.05, 3.63) is 76.2 Å². The van der Waals surface area contributed by atoms with Crippen LogP contribution in [0.15, 0.2) is 54.7 Å². The number of halogens is 2. The van der Waals surface area contributed by atoms with Crippen molar-refractivity contribution in [3.8, 4) is 11.3 Å². The Bertz CT molecular complexity index is 770. The van der Waals surface area contributed by atoms with Crippen LogP contribution in [0.25, 0.3) is 11.3 Å². The molecular weight excluding hydrogens is 307 g/mol. The number of aliphatic hydroxyl groups is 1. The number of aromatic amines is 1. The molecule has 3 rings (SSSR count). The second-order valence-corrected chi connectivity index (χ2v) is 5.46. The molecule has 0 radical (unpaired) electrons. The van der Waals surface area contributed by atoms with Gasteiger partial charge in [0.15, 0.2) is 0 Å². The summed E-state index contributed by atoms with van der Waals surface area (Å²) in [4.78, 5) is 7.33. The van der Waals surface area contributed by atoms with Crippen LogP contribution in [0.1, 0.15) is 17.5 Å². The number of H-pyrrole nitrogens is 1. The van der Waals surface area contributed by atoms with Gasteiger partial charge in [-0.1, -0.05) is 53.5 Å². The Hall–Kier alpha value is -1.81. The zero-order valence-electron chi connectivity index (χ0n) is 10.9. The average Bonchev–Trinajstić information content (AvgIpc) is 2.96. The number of aliphatic hydroxyl groups excluding tert-OH is 1. The van der Waals surface area contributed by atoms with Crippen LogP contribution < -0.4 is 0 Å². The number of hydrogen-bond donors (Lipinski definition) is 2. The molecule has 0 fully saturated rings. The molecule has 0 saturated carbocycles. The fraction of sp³-hybridized carbons (Fsp3) is 0.0625. The summed E-state index contributed by atoms with van der Waals surface area (Å²) in [5.74, 6) is 0.451. The Morgan fingerprint density at radius 3 is 2.62 bits per heavy atom. The second kappa shape index (κ2) is 5.90. The van der Waals surface area contributed by atoms with E-state index in [0.717, 1.165) is 11.3 Å². The van der Waals surface area contributed by atoms with Crippen molar-refractivity contribution < 1.29 is 5.11 Å². The number of hydrogen-bond acceptors (Lipinski definition) is 2. The number of aromatic nitrogens is 2. The third kappa shape index (κ3) is 2.95. The smallest absolute Gasteiger partial charge is 0.140 e. The van der Waals surface area contributed by atoms with E-state index in [9.17, 15) is 5.11 Å². The van der Waals surface area contributed by atoms with Crippen molar-refractivity contribution in [2.75, 3.05) is 0 Å². The Balaban J connectivity index is 1.93. The third-order valence-electron chi connectivity index (χ3n) is 3.18. The van der Waals surface area contributed by atoms with Gasteiger partial charge in [0.05, 0.1) is 11.9 Å². The summed E-state index contributed by atoms with van der Waals surface area (Å²) in [5.41, 5.74) is 2.29. The highest BCUT2D eigenvalue weighted by Gasteiger charge is 2.15. The van der Waals surface area contributed by atoms with Gasteiger partial charge in [0, 0.05) is 15.6 Å². The highest BCUT2D eigenvalue weighted by Crippen LogP contribution is 2.28. The van der Waals surface area contributed by atoms with Crippen LogP contribution in [0.4, 0.5) is 0 Å².